The summed E-state index contributed by atoms with van der Waals surface area (Å²) in [6.07, 6.45) is 5.63. The minimum atomic E-state index is -0.130. The van der Waals surface area contributed by atoms with Gasteiger partial charge in [-0.3, -0.25) is 0 Å². The van der Waals surface area contributed by atoms with Crippen LogP contribution in [0.25, 0.3) is 0 Å². The quantitative estimate of drug-likeness (QED) is 0.696. The van der Waals surface area contributed by atoms with Crippen molar-refractivity contribution in [2.24, 2.45) is 0 Å². The molecule has 2 nitrogen and oxygen atoms in total. The first-order valence-corrected chi connectivity index (χ1v) is 6.42. The van der Waals surface area contributed by atoms with Gasteiger partial charge >= 0.3 is 0 Å². The molecular formula is C11H28NOP. The molecule has 0 saturated carbocycles. The van der Waals surface area contributed by atoms with Crippen LogP contribution in [0.2, 0.25) is 0 Å². The van der Waals surface area contributed by atoms with Crippen molar-refractivity contribution in [3.05, 3.63) is 0 Å². The summed E-state index contributed by atoms with van der Waals surface area (Å²) in [5.41, 5.74) is 0. The molecule has 88 valence electrons. The lowest BCUT2D eigenvalue weighted by molar-refractivity contribution is 0.126. The van der Waals surface area contributed by atoms with E-state index in [9.17, 15) is 5.11 Å². The molecule has 0 amide bonds. The predicted octanol–water partition coefficient (Wildman–Crippen LogP) is 2.37. The van der Waals surface area contributed by atoms with E-state index in [0.717, 1.165) is 19.4 Å². The zero-order chi connectivity index (χ0) is 11.4. The van der Waals surface area contributed by atoms with Gasteiger partial charge in [0.2, 0.25) is 0 Å². The molecule has 2 atom stereocenters. The standard InChI is InChI=1S/C8H19NO.C3H9P/c1-4-5-6-8(10)7-9(2)3;1-2-3-4/h8,10H,4-7H2,1-3H3;2-4H2,1H3. The Kier molecular flexibility index (Phi) is 16.0. The van der Waals surface area contributed by atoms with Crippen LogP contribution in [0.5, 0.6) is 0 Å². The summed E-state index contributed by atoms with van der Waals surface area (Å²) in [6.45, 7) is 5.09. The summed E-state index contributed by atoms with van der Waals surface area (Å²) >= 11 is 0. The normalized spacial score (nSPS) is 12.2. The SMILES string of the molecule is CCCCC(O)CN(C)C.CCCP. The number of likely N-dealkylation sites (N-methyl/N-ethyl adjacent to an activating group) is 1. The Morgan fingerprint density at radius 2 is 1.71 bits per heavy atom. The van der Waals surface area contributed by atoms with Crippen molar-refractivity contribution in [1.82, 2.24) is 4.90 Å². The molecule has 0 aliphatic carbocycles. The Bertz CT molecular complexity index is 97.3. The summed E-state index contributed by atoms with van der Waals surface area (Å²) in [5, 5.41) is 9.31. The Hall–Kier alpha value is 0.350. The van der Waals surface area contributed by atoms with Crippen LogP contribution < -0.4 is 0 Å². The van der Waals surface area contributed by atoms with Crippen LogP contribution in [0.3, 0.4) is 0 Å². The second-order valence-electron chi connectivity index (χ2n) is 3.85. The summed E-state index contributed by atoms with van der Waals surface area (Å²) in [6, 6.07) is 0. The zero-order valence-corrected chi connectivity index (χ0v) is 11.4. The highest BCUT2D eigenvalue weighted by Crippen LogP contribution is 2.00. The number of hydrogen-bond donors (Lipinski definition) is 1. The first-order chi connectivity index (χ1) is 6.58. The van der Waals surface area contributed by atoms with E-state index in [-0.39, 0.29) is 6.10 Å². The van der Waals surface area contributed by atoms with Gasteiger partial charge in [-0.15, -0.1) is 9.24 Å². The molecule has 2 unspecified atom stereocenters. The van der Waals surface area contributed by atoms with E-state index in [2.05, 4.69) is 23.1 Å². The van der Waals surface area contributed by atoms with E-state index in [1.165, 1.54) is 19.0 Å². The molecule has 0 aliphatic heterocycles. The van der Waals surface area contributed by atoms with Gasteiger partial charge in [-0.05, 0) is 26.7 Å². The van der Waals surface area contributed by atoms with Crippen LogP contribution in [-0.2, 0) is 0 Å². The molecule has 0 aliphatic rings. The van der Waals surface area contributed by atoms with Gasteiger partial charge in [-0.2, -0.15) is 0 Å². The maximum absolute atomic E-state index is 9.31. The summed E-state index contributed by atoms with van der Waals surface area (Å²) in [5.74, 6) is 0. The third-order valence-electron chi connectivity index (χ3n) is 1.76. The maximum Gasteiger partial charge on any atom is 0.0666 e. The summed E-state index contributed by atoms with van der Waals surface area (Å²) < 4.78 is 0. The maximum atomic E-state index is 9.31. The Morgan fingerprint density at radius 3 is 2.00 bits per heavy atom. The van der Waals surface area contributed by atoms with E-state index in [1.54, 1.807) is 0 Å². The van der Waals surface area contributed by atoms with Crippen molar-refractivity contribution in [2.75, 3.05) is 26.8 Å². The van der Waals surface area contributed by atoms with Crippen molar-refractivity contribution in [1.29, 1.82) is 0 Å². The number of hydrogen-bond acceptors (Lipinski definition) is 2. The van der Waals surface area contributed by atoms with Gasteiger partial charge in [0.1, 0.15) is 0 Å². The first-order valence-electron chi connectivity index (χ1n) is 5.61. The van der Waals surface area contributed by atoms with Gasteiger partial charge in [0, 0.05) is 6.54 Å². The second-order valence-corrected chi connectivity index (χ2v) is 4.42. The lowest BCUT2D eigenvalue weighted by Gasteiger charge is -2.14. The van der Waals surface area contributed by atoms with Gasteiger partial charge in [-0.25, -0.2) is 0 Å². The molecule has 0 spiro atoms. The van der Waals surface area contributed by atoms with Crippen molar-refractivity contribution in [3.63, 3.8) is 0 Å². The van der Waals surface area contributed by atoms with Crippen molar-refractivity contribution < 1.29 is 5.11 Å². The summed E-state index contributed by atoms with van der Waals surface area (Å²) in [4.78, 5) is 2.01. The van der Waals surface area contributed by atoms with Crippen LogP contribution in [0.4, 0.5) is 0 Å². The zero-order valence-electron chi connectivity index (χ0n) is 10.3. The Labute approximate surface area is 92.3 Å². The van der Waals surface area contributed by atoms with E-state index in [0.29, 0.717) is 0 Å². The molecule has 0 aromatic rings. The van der Waals surface area contributed by atoms with Gasteiger partial charge < -0.3 is 10.0 Å². The van der Waals surface area contributed by atoms with Gasteiger partial charge in [0.05, 0.1) is 6.10 Å². The lowest BCUT2D eigenvalue weighted by Crippen LogP contribution is -2.25. The molecule has 0 bridgehead atoms. The molecule has 0 aromatic heterocycles. The average molecular weight is 221 g/mol. The average Bonchev–Trinajstić information content (AvgIpc) is 2.14. The number of aliphatic hydroxyl groups excluding tert-OH is 1. The largest absolute Gasteiger partial charge is 0.392 e. The molecule has 0 fully saturated rings. The molecule has 0 heterocycles. The smallest absolute Gasteiger partial charge is 0.0666 e. The topological polar surface area (TPSA) is 23.5 Å². The monoisotopic (exact) mass is 221 g/mol. The highest BCUT2D eigenvalue weighted by atomic mass is 31.0. The van der Waals surface area contributed by atoms with E-state index >= 15 is 0 Å². The van der Waals surface area contributed by atoms with Crippen LogP contribution in [0, 0.1) is 0 Å². The fraction of sp³-hybridized carbons (Fsp3) is 1.00. The van der Waals surface area contributed by atoms with Crippen molar-refractivity contribution in [3.8, 4) is 0 Å². The minimum absolute atomic E-state index is 0.130. The lowest BCUT2D eigenvalue weighted by atomic mass is 10.1. The Balaban J connectivity index is 0. The molecule has 0 saturated heterocycles. The fourth-order valence-corrected chi connectivity index (χ4v) is 0.953. The number of nitrogens with zero attached hydrogens (tertiary/aromatic N) is 1. The van der Waals surface area contributed by atoms with E-state index in [4.69, 9.17) is 0 Å². The fourth-order valence-electron chi connectivity index (χ4n) is 0.953. The van der Waals surface area contributed by atoms with Gasteiger partial charge in [0.15, 0.2) is 0 Å². The van der Waals surface area contributed by atoms with Crippen LogP contribution in [0.1, 0.15) is 39.5 Å². The van der Waals surface area contributed by atoms with Gasteiger partial charge in [-0.1, -0.05) is 33.1 Å². The van der Waals surface area contributed by atoms with Crippen molar-refractivity contribution >= 4 is 9.24 Å². The van der Waals surface area contributed by atoms with E-state index < -0.39 is 0 Å². The predicted molar refractivity (Wildman–Crippen MR) is 69.0 cm³/mol. The third kappa shape index (κ3) is 18.2. The molecule has 0 radical (unpaired) electrons. The molecule has 1 N–H and O–H groups in total. The highest BCUT2D eigenvalue weighted by molar-refractivity contribution is 7.16. The van der Waals surface area contributed by atoms with Gasteiger partial charge in [0.25, 0.3) is 0 Å². The third-order valence-corrected chi connectivity index (χ3v) is 2.33. The highest BCUT2D eigenvalue weighted by Gasteiger charge is 2.02. The second kappa shape index (κ2) is 13.4. The number of unbranched alkanes of at least 4 members (excludes halogenated alkanes) is 1. The van der Waals surface area contributed by atoms with Crippen LogP contribution in [0.15, 0.2) is 0 Å². The van der Waals surface area contributed by atoms with Crippen LogP contribution in [-0.4, -0.2) is 42.9 Å². The molecule has 3 heteroatoms. The molecular weight excluding hydrogens is 193 g/mol. The van der Waals surface area contributed by atoms with Crippen molar-refractivity contribution in [2.45, 2.75) is 45.6 Å². The minimum Gasteiger partial charge on any atom is -0.392 e. The molecule has 14 heavy (non-hydrogen) atoms. The number of aliphatic hydroxyl groups is 1. The number of rotatable bonds is 6. The van der Waals surface area contributed by atoms with E-state index in [1.807, 2.05) is 19.0 Å². The summed E-state index contributed by atoms with van der Waals surface area (Å²) in [7, 11) is 6.62. The first kappa shape index (κ1) is 16.8. The Morgan fingerprint density at radius 1 is 1.21 bits per heavy atom. The van der Waals surface area contributed by atoms with Crippen LogP contribution >= 0.6 is 9.24 Å². The molecule has 0 aromatic carbocycles. The molecule has 0 rings (SSSR count).